The number of aryl methyl sites for hydroxylation is 1. The van der Waals surface area contributed by atoms with Crippen LogP contribution >= 0.6 is 15.9 Å². The average molecular weight is 297 g/mol. The molecule has 1 aromatic carbocycles. The van der Waals surface area contributed by atoms with Gasteiger partial charge in [0.1, 0.15) is 10.4 Å². The number of benzene rings is 1. The van der Waals surface area contributed by atoms with E-state index in [0.717, 1.165) is 21.6 Å². The fourth-order valence-corrected chi connectivity index (χ4v) is 2.85. The minimum absolute atomic E-state index is 0.281. The maximum absolute atomic E-state index is 13.1. The molecule has 0 saturated carbocycles. The third kappa shape index (κ3) is 1.34. The van der Waals surface area contributed by atoms with Gasteiger partial charge in [0.25, 0.3) is 0 Å². The second-order valence-electron chi connectivity index (χ2n) is 3.88. The maximum Gasteiger partial charge on any atom is 0.215 e. The van der Waals surface area contributed by atoms with Crippen LogP contribution in [0.5, 0.6) is 0 Å². The Hall–Kier alpha value is -1.40. The number of nitrogens with zero attached hydrogens (tertiary/aromatic N) is 3. The minimum Gasteiger partial charge on any atom is -0.325 e. The number of fused-ring (bicyclic) bond motifs is 3. The SMILES string of the molecule is Cn1c(CN)c(Br)n2c3ccc(F)cc3nc12. The van der Waals surface area contributed by atoms with Crippen molar-refractivity contribution in [3.05, 3.63) is 34.3 Å². The predicted molar refractivity (Wildman–Crippen MR) is 67.2 cm³/mol. The van der Waals surface area contributed by atoms with Crippen molar-refractivity contribution in [1.82, 2.24) is 14.0 Å². The number of rotatable bonds is 1. The molecule has 0 spiro atoms. The Morgan fingerprint density at radius 1 is 1.47 bits per heavy atom. The fourth-order valence-electron chi connectivity index (χ4n) is 2.07. The summed E-state index contributed by atoms with van der Waals surface area (Å²) in [5, 5.41) is 0. The molecule has 0 atom stereocenters. The van der Waals surface area contributed by atoms with Crippen LogP contribution in [0.25, 0.3) is 16.8 Å². The topological polar surface area (TPSA) is 48.2 Å². The van der Waals surface area contributed by atoms with E-state index in [-0.39, 0.29) is 5.82 Å². The molecule has 88 valence electrons. The summed E-state index contributed by atoms with van der Waals surface area (Å²) in [5.41, 5.74) is 8.15. The average Bonchev–Trinajstić information content (AvgIpc) is 2.76. The second-order valence-corrected chi connectivity index (χ2v) is 4.63. The van der Waals surface area contributed by atoms with Gasteiger partial charge in [0.15, 0.2) is 0 Å². The van der Waals surface area contributed by atoms with Gasteiger partial charge in [-0.05, 0) is 28.1 Å². The van der Waals surface area contributed by atoms with E-state index in [1.807, 2.05) is 16.0 Å². The molecule has 3 aromatic rings. The van der Waals surface area contributed by atoms with Crippen LogP contribution in [0.1, 0.15) is 5.69 Å². The highest BCUT2D eigenvalue weighted by molar-refractivity contribution is 9.10. The lowest BCUT2D eigenvalue weighted by Crippen LogP contribution is -2.04. The van der Waals surface area contributed by atoms with E-state index in [4.69, 9.17) is 5.73 Å². The van der Waals surface area contributed by atoms with E-state index in [0.29, 0.717) is 12.1 Å². The predicted octanol–water partition coefficient (Wildman–Crippen LogP) is 2.19. The highest BCUT2D eigenvalue weighted by atomic mass is 79.9. The maximum atomic E-state index is 13.1. The van der Waals surface area contributed by atoms with Crippen LogP contribution in [0.2, 0.25) is 0 Å². The molecular weight excluding hydrogens is 287 g/mol. The van der Waals surface area contributed by atoms with E-state index in [1.165, 1.54) is 12.1 Å². The van der Waals surface area contributed by atoms with Gasteiger partial charge in [0.05, 0.1) is 16.7 Å². The van der Waals surface area contributed by atoms with E-state index in [9.17, 15) is 4.39 Å². The number of aromatic nitrogens is 3. The molecule has 0 aliphatic heterocycles. The third-order valence-electron chi connectivity index (χ3n) is 2.93. The molecule has 0 fully saturated rings. The number of imidazole rings is 2. The molecule has 4 nitrogen and oxygen atoms in total. The zero-order valence-electron chi connectivity index (χ0n) is 9.11. The van der Waals surface area contributed by atoms with Crippen LogP contribution in [0.3, 0.4) is 0 Å². The van der Waals surface area contributed by atoms with Gasteiger partial charge in [0.2, 0.25) is 5.78 Å². The Kier molecular flexibility index (Phi) is 2.24. The summed E-state index contributed by atoms with van der Waals surface area (Å²) in [6, 6.07) is 4.57. The van der Waals surface area contributed by atoms with Crippen LogP contribution in [-0.2, 0) is 13.6 Å². The van der Waals surface area contributed by atoms with Crippen molar-refractivity contribution in [1.29, 1.82) is 0 Å². The lowest BCUT2D eigenvalue weighted by atomic mass is 10.3. The normalized spacial score (nSPS) is 11.8. The third-order valence-corrected chi connectivity index (χ3v) is 3.74. The second kappa shape index (κ2) is 3.54. The molecule has 2 N–H and O–H groups in total. The van der Waals surface area contributed by atoms with E-state index >= 15 is 0 Å². The molecule has 0 amide bonds. The molecule has 0 unspecified atom stereocenters. The molecule has 0 aliphatic carbocycles. The van der Waals surface area contributed by atoms with Gasteiger partial charge in [-0.1, -0.05) is 0 Å². The van der Waals surface area contributed by atoms with Gasteiger partial charge in [-0.15, -0.1) is 0 Å². The quantitative estimate of drug-likeness (QED) is 0.748. The summed E-state index contributed by atoms with van der Waals surface area (Å²) in [7, 11) is 1.89. The van der Waals surface area contributed by atoms with E-state index < -0.39 is 0 Å². The zero-order valence-corrected chi connectivity index (χ0v) is 10.7. The standard InChI is InChI=1S/C11H10BrFN4/c1-16-9(5-14)10(12)17-8-3-2-6(13)4-7(8)15-11(16)17/h2-4H,5,14H2,1H3. The summed E-state index contributed by atoms with van der Waals surface area (Å²) in [4.78, 5) is 4.41. The van der Waals surface area contributed by atoms with Gasteiger partial charge >= 0.3 is 0 Å². The Morgan fingerprint density at radius 3 is 2.94 bits per heavy atom. The van der Waals surface area contributed by atoms with Gasteiger partial charge < -0.3 is 10.3 Å². The number of nitrogens with two attached hydrogens (primary N) is 1. The van der Waals surface area contributed by atoms with Crippen molar-refractivity contribution in [3.63, 3.8) is 0 Å². The summed E-state index contributed by atoms with van der Waals surface area (Å²) in [5.74, 6) is 0.467. The summed E-state index contributed by atoms with van der Waals surface area (Å²) >= 11 is 3.51. The van der Waals surface area contributed by atoms with Crippen molar-refractivity contribution in [3.8, 4) is 0 Å². The molecule has 0 bridgehead atoms. The molecule has 0 aliphatic rings. The first-order valence-corrected chi connectivity index (χ1v) is 5.93. The van der Waals surface area contributed by atoms with Gasteiger partial charge in [-0.3, -0.25) is 4.40 Å². The van der Waals surface area contributed by atoms with Crippen molar-refractivity contribution in [2.45, 2.75) is 6.54 Å². The molecule has 6 heteroatoms. The molecule has 2 aromatic heterocycles. The lowest BCUT2D eigenvalue weighted by Gasteiger charge is -1.98. The van der Waals surface area contributed by atoms with Crippen molar-refractivity contribution >= 4 is 32.7 Å². The molecule has 17 heavy (non-hydrogen) atoms. The highest BCUT2D eigenvalue weighted by Crippen LogP contribution is 2.27. The van der Waals surface area contributed by atoms with E-state index in [2.05, 4.69) is 20.9 Å². The Labute approximate surface area is 105 Å². The van der Waals surface area contributed by atoms with Crippen LogP contribution in [0, 0.1) is 5.82 Å². The molecule has 3 rings (SSSR count). The number of hydrogen-bond donors (Lipinski definition) is 1. The van der Waals surface area contributed by atoms with Gasteiger partial charge in [-0.2, -0.15) is 0 Å². The highest BCUT2D eigenvalue weighted by Gasteiger charge is 2.16. The monoisotopic (exact) mass is 296 g/mol. The first-order valence-electron chi connectivity index (χ1n) is 5.14. The Balaban J connectivity index is 2.52. The number of hydrogen-bond acceptors (Lipinski definition) is 2. The molecule has 0 radical (unpaired) electrons. The van der Waals surface area contributed by atoms with Crippen molar-refractivity contribution < 1.29 is 4.39 Å². The zero-order chi connectivity index (χ0) is 12.2. The molecular formula is C11H10BrFN4. The minimum atomic E-state index is -0.281. The van der Waals surface area contributed by atoms with Crippen molar-refractivity contribution in [2.75, 3.05) is 0 Å². The van der Waals surface area contributed by atoms with Crippen LogP contribution in [0.15, 0.2) is 22.8 Å². The van der Waals surface area contributed by atoms with Gasteiger partial charge in [-0.25, -0.2) is 9.37 Å². The van der Waals surface area contributed by atoms with Gasteiger partial charge in [0, 0.05) is 19.7 Å². The van der Waals surface area contributed by atoms with Crippen molar-refractivity contribution in [2.24, 2.45) is 12.8 Å². The van der Waals surface area contributed by atoms with E-state index in [1.54, 1.807) is 6.07 Å². The fraction of sp³-hybridized carbons (Fsp3) is 0.182. The lowest BCUT2D eigenvalue weighted by molar-refractivity contribution is 0.629. The van der Waals surface area contributed by atoms with Crippen LogP contribution in [0.4, 0.5) is 4.39 Å². The van der Waals surface area contributed by atoms with Crippen LogP contribution < -0.4 is 5.73 Å². The molecule has 0 saturated heterocycles. The summed E-state index contributed by atoms with van der Waals surface area (Å²) in [6.07, 6.45) is 0. The van der Waals surface area contributed by atoms with Crippen LogP contribution in [-0.4, -0.2) is 14.0 Å². The largest absolute Gasteiger partial charge is 0.325 e. The first kappa shape index (κ1) is 10.7. The summed E-state index contributed by atoms with van der Waals surface area (Å²) < 4.78 is 17.8. The Bertz CT molecular complexity index is 728. The summed E-state index contributed by atoms with van der Waals surface area (Å²) in [6.45, 7) is 0.420. The smallest absolute Gasteiger partial charge is 0.215 e. The Morgan fingerprint density at radius 2 is 2.24 bits per heavy atom. The first-order chi connectivity index (χ1) is 8.13. The number of halogens is 2. The molecule has 2 heterocycles.